The number of hydrogen-bond acceptors (Lipinski definition) is 4. The number of aryl methyl sites for hydroxylation is 2. The van der Waals surface area contributed by atoms with Crippen LogP contribution in [0.4, 0.5) is 0 Å². The molecule has 0 aliphatic rings. The normalized spacial score (nSPS) is 12.5. The molecule has 0 aliphatic carbocycles. The van der Waals surface area contributed by atoms with Crippen LogP contribution in [0.15, 0.2) is 10.5 Å². The number of ether oxygens (including phenoxy) is 1. The first kappa shape index (κ1) is 13.7. The molecule has 1 N–H and O–H groups in total. The Labute approximate surface area is 101 Å². The number of rotatable bonds is 5. The number of amides is 1. The number of furan rings is 1. The molecule has 17 heavy (non-hydrogen) atoms. The number of methoxy groups -OCH3 is 1. The summed E-state index contributed by atoms with van der Waals surface area (Å²) in [7, 11) is 3.15. The van der Waals surface area contributed by atoms with Crippen LogP contribution in [0.5, 0.6) is 0 Å². The Morgan fingerprint density at radius 3 is 2.71 bits per heavy atom. The van der Waals surface area contributed by atoms with E-state index in [1.54, 1.807) is 27.0 Å². The van der Waals surface area contributed by atoms with Gasteiger partial charge in [0.25, 0.3) is 5.91 Å². The molecule has 0 aliphatic heterocycles. The maximum absolute atomic E-state index is 12.0. The van der Waals surface area contributed by atoms with E-state index in [1.165, 1.54) is 12.0 Å². The summed E-state index contributed by atoms with van der Waals surface area (Å²) in [6.45, 7) is 3.99. The number of carbonyl (C=O) groups is 1. The quantitative estimate of drug-likeness (QED) is 0.834. The fourth-order valence-corrected chi connectivity index (χ4v) is 1.69. The van der Waals surface area contributed by atoms with E-state index in [0.717, 1.165) is 0 Å². The van der Waals surface area contributed by atoms with Crippen LogP contribution in [0.1, 0.15) is 21.9 Å². The lowest BCUT2D eigenvalue weighted by molar-refractivity contribution is 0.0379. The van der Waals surface area contributed by atoms with Gasteiger partial charge in [-0.05, 0) is 19.9 Å². The smallest absolute Gasteiger partial charge is 0.257 e. The Hall–Kier alpha value is -1.33. The van der Waals surface area contributed by atoms with Crippen molar-refractivity contribution in [3.05, 3.63) is 23.2 Å². The van der Waals surface area contributed by atoms with Crippen molar-refractivity contribution >= 4 is 5.91 Å². The van der Waals surface area contributed by atoms with E-state index in [1.807, 2.05) is 0 Å². The zero-order valence-electron chi connectivity index (χ0n) is 10.7. The van der Waals surface area contributed by atoms with E-state index in [2.05, 4.69) is 0 Å². The first-order valence-electron chi connectivity index (χ1n) is 5.45. The highest BCUT2D eigenvalue weighted by molar-refractivity contribution is 5.95. The average molecular weight is 241 g/mol. The Morgan fingerprint density at radius 1 is 1.59 bits per heavy atom. The molecule has 96 valence electrons. The zero-order chi connectivity index (χ0) is 13.0. The summed E-state index contributed by atoms with van der Waals surface area (Å²) in [5.74, 6) is 1.15. The second kappa shape index (κ2) is 5.84. The lowest BCUT2D eigenvalue weighted by Gasteiger charge is -2.20. The molecule has 0 bridgehead atoms. The summed E-state index contributed by atoms with van der Waals surface area (Å²) in [5.41, 5.74) is 0.537. The lowest BCUT2D eigenvalue weighted by atomic mass is 10.2. The number of aliphatic hydroxyl groups is 1. The van der Waals surface area contributed by atoms with Crippen molar-refractivity contribution in [2.75, 3.05) is 27.3 Å². The molecule has 1 rings (SSSR count). The van der Waals surface area contributed by atoms with Crippen molar-refractivity contribution in [2.45, 2.75) is 20.0 Å². The first-order valence-corrected chi connectivity index (χ1v) is 5.45. The predicted molar refractivity (Wildman–Crippen MR) is 63.0 cm³/mol. The van der Waals surface area contributed by atoms with Gasteiger partial charge in [0.15, 0.2) is 0 Å². The SMILES string of the molecule is COCC(O)CN(C)C(=O)c1cc(C)oc1C. The van der Waals surface area contributed by atoms with Crippen LogP contribution >= 0.6 is 0 Å². The molecule has 1 amide bonds. The zero-order valence-corrected chi connectivity index (χ0v) is 10.7. The molecule has 1 aromatic rings. The van der Waals surface area contributed by atoms with Crippen LogP contribution in [-0.4, -0.2) is 49.3 Å². The highest BCUT2D eigenvalue weighted by Gasteiger charge is 2.19. The number of likely N-dealkylation sites (N-methyl/N-ethyl adjacent to an activating group) is 1. The Kier molecular flexibility index (Phi) is 4.72. The van der Waals surface area contributed by atoms with Gasteiger partial charge in [-0.15, -0.1) is 0 Å². The minimum atomic E-state index is -0.678. The fraction of sp³-hybridized carbons (Fsp3) is 0.583. The van der Waals surface area contributed by atoms with E-state index in [4.69, 9.17) is 9.15 Å². The van der Waals surface area contributed by atoms with Crippen molar-refractivity contribution in [2.24, 2.45) is 0 Å². The molecule has 1 aromatic heterocycles. The summed E-state index contributed by atoms with van der Waals surface area (Å²) >= 11 is 0. The summed E-state index contributed by atoms with van der Waals surface area (Å²) in [4.78, 5) is 13.5. The molecule has 0 saturated heterocycles. The monoisotopic (exact) mass is 241 g/mol. The van der Waals surface area contributed by atoms with Gasteiger partial charge >= 0.3 is 0 Å². The van der Waals surface area contributed by atoms with Crippen LogP contribution < -0.4 is 0 Å². The maximum Gasteiger partial charge on any atom is 0.257 e. The molecule has 5 nitrogen and oxygen atoms in total. The lowest BCUT2D eigenvalue weighted by Crippen LogP contribution is -2.36. The van der Waals surface area contributed by atoms with Crippen molar-refractivity contribution in [1.82, 2.24) is 4.90 Å². The van der Waals surface area contributed by atoms with Gasteiger partial charge < -0.3 is 19.2 Å². The minimum absolute atomic E-state index is 0.158. The number of carbonyl (C=O) groups excluding carboxylic acids is 1. The summed E-state index contributed by atoms with van der Waals surface area (Å²) in [6, 6.07) is 1.71. The van der Waals surface area contributed by atoms with E-state index in [-0.39, 0.29) is 19.1 Å². The topological polar surface area (TPSA) is 62.9 Å². The van der Waals surface area contributed by atoms with Gasteiger partial charge in [0.1, 0.15) is 11.5 Å². The molecule has 1 unspecified atom stereocenters. The Balaban J connectivity index is 2.66. The molecule has 0 fully saturated rings. The van der Waals surface area contributed by atoms with Crippen LogP contribution in [-0.2, 0) is 4.74 Å². The molecule has 0 saturated carbocycles. The number of nitrogens with zero attached hydrogens (tertiary/aromatic N) is 1. The van der Waals surface area contributed by atoms with Gasteiger partial charge in [0, 0.05) is 20.7 Å². The highest BCUT2D eigenvalue weighted by atomic mass is 16.5. The minimum Gasteiger partial charge on any atom is -0.466 e. The third kappa shape index (κ3) is 3.57. The standard InChI is InChI=1S/C12H19NO4/c1-8-5-11(9(2)17-8)12(15)13(3)6-10(14)7-16-4/h5,10,14H,6-7H2,1-4H3. The van der Waals surface area contributed by atoms with Gasteiger partial charge in [-0.3, -0.25) is 4.79 Å². The van der Waals surface area contributed by atoms with Gasteiger partial charge in [-0.25, -0.2) is 0 Å². The number of aliphatic hydroxyl groups excluding tert-OH is 1. The van der Waals surface area contributed by atoms with Gasteiger partial charge in [0.05, 0.1) is 18.3 Å². The summed E-state index contributed by atoms with van der Waals surface area (Å²) in [5, 5.41) is 9.55. The average Bonchev–Trinajstić information content (AvgIpc) is 2.56. The van der Waals surface area contributed by atoms with Crippen molar-refractivity contribution in [3.63, 3.8) is 0 Å². The van der Waals surface area contributed by atoms with Crippen molar-refractivity contribution in [3.8, 4) is 0 Å². The van der Waals surface area contributed by atoms with Crippen LogP contribution in [0.25, 0.3) is 0 Å². The third-order valence-electron chi connectivity index (χ3n) is 2.46. The molecule has 0 aromatic carbocycles. The molecular weight excluding hydrogens is 222 g/mol. The van der Waals surface area contributed by atoms with Crippen molar-refractivity contribution in [1.29, 1.82) is 0 Å². The third-order valence-corrected chi connectivity index (χ3v) is 2.46. The van der Waals surface area contributed by atoms with E-state index in [9.17, 15) is 9.90 Å². The largest absolute Gasteiger partial charge is 0.466 e. The highest BCUT2D eigenvalue weighted by Crippen LogP contribution is 2.15. The molecule has 5 heteroatoms. The van der Waals surface area contributed by atoms with E-state index in [0.29, 0.717) is 17.1 Å². The van der Waals surface area contributed by atoms with Crippen molar-refractivity contribution < 1.29 is 19.1 Å². The summed E-state index contributed by atoms with van der Waals surface area (Å²) in [6.07, 6.45) is -0.678. The van der Waals surface area contributed by atoms with E-state index < -0.39 is 6.10 Å². The van der Waals surface area contributed by atoms with Gasteiger partial charge in [-0.1, -0.05) is 0 Å². The molecule has 0 radical (unpaired) electrons. The Morgan fingerprint density at radius 2 is 2.24 bits per heavy atom. The molecular formula is C12H19NO4. The van der Waals surface area contributed by atoms with Crippen LogP contribution in [0, 0.1) is 13.8 Å². The summed E-state index contributed by atoms with van der Waals surface area (Å²) < 4.78 is 10.1. The van der Waals surface area contributed by atoms with Crippen LogP contribution in [0.3, 0.4) is 0 Å². The predicted octanol–water partition coefficient (Wildman–Crippen LogP) is 0.976. The molecule has 0 spiro atoms. The second-order valence-corrected chi connectivity index (χ2v) is 4.12. The van der Waals surface area contributed by atoms with Gasteiger partial charge in [-0.2, -0.15) is 0 Å². The second-order valence-electron chi connectivity index (χ2n) is 4.12. The molecule has 1 heterocycles. The Bertz CT molecular complexity index is 386. The van der Waals surface area contributed by atoms with Crippen LogP contribution in [0.2, 0.25) is 0 Å². The molecule has 1 atom stereocenters. The first-order chi connectivity index (χ1) is 7.95. The van der Waals surface area contributed by atoms with E-state index >= 15 is 0 Å². The maximum atomic E-state index is 12.0. The van der Waals surface area contributed by atoms with Gasteiger partial charge in [0.2, 0.25) is 0 Å². The fourth-order valence-electron chi connectivity index (χ4n) is 1.69. The number of hydrogen-bond donors (Lipinski definition) is 1.